The van der Waals surface area contributed by atoms with E-state index in [0.717, 1.165) is 67.1 Å². The standard InChI is InChI=1S/C30H54O2/c1-5-7-21-32-30(31)29-19-17-28(18-20-29)23(4)27-15-13-26(14-16-27)22(3)25-11-9-24(8-6-2)10-12-25/h22-29H,5-21H2,1-4H3. The minimum atomic E-state index is 0.0859. The van der Waals surface area contributed by atoms with E-state index in [1.54, 1.807) is 0 Å². The molecule has 0 bridgehead atoms. The highest BCUT2D eigenvalue weighted by Gasteiger charge is 2.36. The molecule has 0 heterocycles. The molecule has 0 amide bonds. The first-order valence-electron chi connectivity index (χ1n) is 14.7. The fourth-order valence-electron chi connectivity index (χ4n) is 7.69. The summed E-state index contributed by atoms with van der Waals surface area (Å²) in [6, 6.07) is 0. The maximum atomic E-state index is 12.3. The highest BCUT2D eigenvalue weighted by atomic mass is 16.5. The Hall–Kier alpha value is -0.530. The molecular weight excluding hydrogens is 392 g/mol. The molecule has 3 rings (SSSR count). The molecule has 32 heavy (non-hydrogen) atoms. The Morgan fingerprint density at radius 2 is 1.12 bits per heavy atom. The summed E-state index contributed by atoms with van der Waals surface area (Å²) >= 11 is 0. The van der Waals surface area contributed by atoms with Gasteiger partial charge in [-0.1, -0.05) is 59.8 Å². The Bertz CT molecular complexity index is 519. The maximum Gasteiger partial charge on any atom is 0.308 e. The van der Waals surface area contributed by atoms with E-state index in [2.05, 4.69) is 27.7 Å². The molecule has 0 radical (unpaired) electrons. The topological polar surface area (TPSA) is 26.3 Å². The number of hydrogen-bond donors (Lipinski definition) is 0. The second kappa shape index (κ2) is 13.4. The number of unbranched alkanes of at least 4 members (excludes halogenated alkanes) is 1. The average Bonchev–Trinajstić information content (AvgIpc) is 2.84. The van der Waals surface area contributed by atoms with Crippen molar-refractivity contribution in [1.82, 2.24) is 0 Å². The Morgan fingerprint density at radius 1 is 0.688 bits per heavy atom. The molecule has 3 aliphatic rings. The maximum absolute atomic E-state index is 12.3. The molecule has 2 nitrogen and oxygen atoms in total. The van der Waals surface area contributed by atoms with Crippen molar-refractivity contribution in [3.05, 3.63) is 0 Å². The van der Waals surface area contributed by atoms with Gasteiger partial charge in [-0.05, 0) is 112 Å². The predicted molar refractivity (Wildman–Crippen MR) is 135 cm³/mol. The SMILES string of the molecule is CCCCOC(=O)C1CCC(C(C)C2CCC(C(C)C3CCC(CCC)CC3)CC2)CC1. The van der Waals surface area contributed by atoms with Crippen molar-refractivity contribution in [3.63, 3.8) is 0 Å². The van der Waals surface area contributed by atoms with E-state index in [9.17, 15) is 4.79 Å². The number of hydrogen-bond acceptors (Lipinski definition) is 2. The second-order valence-corrected chi connectivity index (χ2v) is 12.1. The van der Waals surface area contributed by atoms with Crippen LogP contribution in [0.5, 0.6) is 0 Å². The molecule has 2 heteroatoms. The van der Waals surface area contributed by atoms with Crippen LogP contribution < -0.4 is 0 Å². The van der Waals surface area contributed by atoms with Crippen molar-refractivity contribution in [2.45, 2.75) is 130 Å². The third-order valence-electron chi connectivity index (χ3n) is 10.2. The zero-order valence-corrected chi connectivity index (χ0v) is 22.0. The van der Waals surface area contributed by atoms with Gasteiger partial charge in [0.05, 0.1) is 12.5 Å². The zero-order valence-electron chi connectivity index (χ0n) is 22.0. The Kier molecular flexibility index (Phi) is 10.9. The Labute approximate surface area is 200 Å². The number of rotatable bonds is 10. The van der Waals surface area contributed by atoms with Crippen LogP contribution in [0.3, 0.4) is 0 Å². The van der Waals surface area contributed by atoms with E-state index >= 15 is 0 Å². The smallest absolute Gasteiger partial charge is 0.308 e. The lowest BCUT2D eigenvalue weighted by Crippen LogP contribution is -2.33. The lowest BCUT2D eigenvalue weighted by molar-refractivity contribution is -0.150. The number of carbonyl (C=O) groups excluding carboxylic acids is 1. The van der Waals surface area contributed by atoms with Crippen LogP contribution in [0.2, 0.25) is 0 Å². The van der Waals surface area contributed by atoms with Gasteiger partial charge < -0.3 is 4.74 Å². The fourth-order valence-corrected chi connectivity index (χ4v) is 7.69. The molecule has 3 saturated carbocycles. The minimum absolute atomic E-state index is 0.0859. The van der Waals surface area contributed by atoms with Gasteiger partial charge in [-0.25, -0.2) is 0 Å². The molecule has 186 valence electrons. The largest absolute Gasteiger partial charge is 0.465 e. The van der Waals surface area contributed by atoms with Gasteiger partial charge in [-0.3, -0.25) is 4.79 Å². The third kappa shape index (κ3) is 7.23. The summed E-state index contributed by atoms with van der Waals surface area (Å²) in [4.78, 5) is 12.3. The van der Waals surface area contributed by atoms with Crippen molar-refractivity contribution < 1.29 is 9.53 Å². The van der Waals surface area contributed by atoms with Crippen LogP contribution in [0.1, 0.15) is 130 Å². The summed E-state index contributed by atoms with van der Waals surface area (Å²) in [5, 5.41) is 0. The zero-order chi connectivity index (χ0) is 22.9. The summed E-state index contributed by atoms with van der Waals surface area (Å²) in [6.07, 6.45) is 21.4. The highest BCUT2D eigenvalue weighted by molar-refractivity contribution is 5.72. The van der Waals surface area contributed by atoms with Gasteiger partial charge in [0.1, 0.15) is 0 Å². The van der Waals surface area contributed by atoms with Gasteiger partial charge in [0.25, 0.3) is 0 Å². The molecular formula is C30H54O2. The molecule has 0 aliphatic heterocycles. The molecule has 0 spiro atoms. The first-order valence-corrected chi connectivity index (χ1v) is 14.7. The molecule has 0 aromatic carbocycles. The van der Waals surface area contributed by atoms with Crippen LogP contribution >= 0.6 is 0 Å². The number of esters is 1. The van der Waals surface area contributed by atoms with Crippen LogP contribution in [0, 0.1) is 47.3 Å². The lowest BCUT2D eigenvalue weighted by atomic mass is 9.63. The summed E-state index contributed by atoms with van der Waals surface area (Å²) in [6.45, 7) is 10.2. The predicted octanol–water partition coefficient (Wildman–Crippen LogP) is 8.82. The average molecular weight is 447 g/mol. The number of ether oxygens (including phenoxy) is 1. The summed E-state index contributed by atoms with van der Waals surface area (Å²) in [7, 11) is 0. The lowest BCUT2D eigenvalue weighted by Gasteiger charge is -2.42. The Balaban J connectivity index is 1.36. The third-order valence-corrected chi connectivity index (χ3v) is 10.2. The van der Waals surface area contributed by atoms with Crippen molar-refractivity contribution in [3.8, 4) is 0 Å². The number of carbonyl (C=O) groups is 1. The van der Waals surface area contributed by atoms with Gasteiger partial charge in [0.15, 0.2) is 0 Å². The second-order valence-electron chi connectivity index (χ2n) is 12.1. The van der Waals surface area contributed by atoms with Crippen molar-refractivity contribution >= 4 is 5.97 Å². The van der Waals surface area contributed by atoms with Crippen LogP contribution in [-0.4, -0.2) is 12.6 Å². The quantitative estimate of drug-likeness (QED) is 0.247. The molecule has 2 atom stereocenters. The fraction of sp³-hybridized carbons (Fsp3) is 0.967. The van der Waals surface area contributed by atoms with Crippen LogP contribution in [0.25, 0.3) is 0 Å². The molecule has 0 saturated heterocycles. The first kappa shape index (κ1) is 26.1. The summed E-state index contributed by atoms with van der Waals surface area (Å²) in [5.41, 5.74) is 0. The van der Waals surface area contributed by atoms with E-state index in [4.69, 9.17) is 4.74 Å². The van der Waals surface area contributed by atoms with Crippen molar-refractivity contribution in [2.24, 2.45) is 47.3 Å². The van der Waals surface area contributed by atoms with Gasteiger partial charge in [0, 0.05) is 0 Å². The van der Waals surface area contributed by atoms with Crippen molar-refractivity contribution in [1.29, 1.82) is 0 Å². The molecule has 0 aromatic heterocycles. The van der Waals surface area contributed by atoms with Gasteiger partial charge in [0.2, 0.25) is 0 Å². The molecule has 3 fully saturated rings. The summed E-state index contributed by atoms with van der Waals surface area (Å²) in [5.74, 6) is 6.85. The van der Waals surface area contributed by atoms with E-state index in [0.29, 0.717) is 6.61 Å². The van der Waals surface area contributed by atoms with Crippen LogP contribution in [0.4, 0.5) is 0 Å². The van der Waals surface area contributed by atoms with E-state index < -0.39 is 0 Å². The van der Waals surface area contributed by atoms with Gasteiger partial charge >= 0.3 is 5.97 Å². The van der Waals surface area contributed by atoms with Crippen molar-refractivity contribution in [2.75, 3.05) is 6.61 Å². The highest BCUT2D eigenvalue weighted by Crippen LogP contribution is 2.46. The Morgan fingerprint density at radius 3 is 1.56 bits per heavy atom. The van der Waals surface area contributed by atoms with E-state index in [-0.39, 0.29) is 11.9 Å². The normalized spacial score (nSPS) is 35.8. The van der Waals surface area contributed by atoms with E-state index in [1.807, 2.05) is 0 Å². The molecule has 0 aromatic rings. The molecule has 0 N–H and O–H groups in total. The molecule has 2 unspecified atom stereocenters. The van der Waals surface area contributed by atoms with Gasteiger partial charge in [-0.15, -0.1) is 0 Å². The monoisotopic (exact) mass is 446 g/mol. The summed E-state index contributed by atoms with van der Waals surface area (Å²) < 4.78 is 5.50. The van der Waals surface area contributed by atoms with Crippen LogP contribution in [-0.2, 0) is 9.53 Å². The minimum Gasteiger partial charge on any atom is -0.465 e. The van der Waals surface area contributed by atoms with E-state index in [1.165, 1.54) is 77.0 Å². The van der Waals surface area contributed by atoms with Gasteiger partial charge in [-0.2, -0.15) is 0 Å². The first-order chi connectivity index (χ1) is 15.5. The molecule has 3 aliphatic carbocycles. The van der Waals surface area contributed by atoms with Crippen LogP contribution in [0.15, 0.2) is 0 Å².